The number of aromatic nitrogens is 2. The molecule has 0 aliphatic carbocycles. The smallest absolute Gasteiger partial charge is 0.309 e. The number of ether oxygens (including phenoxy) is 6. The molecule has 11 atom stereocenters. The van der Waals surface area contributed by atoms with Crippen molar-refractivity contribution in [3.63, 3.8) is 0 Å². The van der Waals surface area contributed by atoms with E-state index in [9.17, 15) is 39.6 Å². The third-order valence-electron chi connectivity index (χ3n) is 16.1. The highest BCUT2D eigenvalue weighted by Crippen LogP contribution is 2.36. The molecule has 4 N–H and O–H groups in total. The molecule has 436 valence electrons. The summed E-state index contributed by atoms with van der Waals surface area (Å²) in [6.45, 7) is 23.5. The molecule has 4 aliphatic heterocycles. The van der Waals surface area contributed by atoms with Crippen LogP contribution < -0.4 is 0 Å². The van der Waals surface area contributed by atoms with E-state index in [1.807, 2.05) is 64.5 Å². The molecule has 0 amide bonds. The minimum absolute atomic E-state index is 0.0181. The van der Waals surface area contributed by atoms with Crippen LogP contribution in [0.25, 0.3) is 12.2 Å². The lowest BCUT2D eigenvalue weighted by Gasteiger charge is -2.34. The van der Waals surface area contributed by atoms with Gasteiger partial charge in [-0.1, -0.05) is 78.7 Å². The molecule has 6 rings (SSSR count). The van der Waals surface area contributed by atoms with Gasteiger partial charge in [0, 0.05) is 41.9 Å². The molecular weight excluding hydrogens is 1040 g/mol. The largest absolute Gasteiger partial charge is 0.457 e. The number of aliphatic hydroxyl groups excluding tert-OH is 4. The van der Waals surface area contributed by atoms with Gasteiger partial charge in [0.05, 0.1) is 95.4 Å². The van der Waals surface area contributed by atoms with E-state index in [-0.39, 0.29) is 48.6 Å². The summed E-state index contributed by atoms with van der Waals surface area (Å²) in [6, 6.07) is 0. The maximum atomic E-state index is 13.3. The molecule has 2 saturated heterocycles. The van der Waals surface area contributed by atoms with E-state index in [0.717, 1.165) is 76.6 Å². The number of thiazole rings is 2. The first-order valence-corrected chi connectivity index (χ1v) is 29.7. The molecule has 0 aromatic carbocycles. The molecule has 0 bridgehead atoms. The Morgan fingerprint density at radius 1 is 0.654 bits per heavy atom. The van der Waals surface area contributed by atoms with E-state index < -0.39 is 71.2 Å². The molecule has 16 nitrogen and oxygen atoms in total. The lowest BCUT2D eigenvalue weighted by atomic mass is 9.73. The Labute approximate surface area is 471 Å². The number of nitrogens with zero attached hydrogens (tertiary/aromatic N) is 2. The van der Waals surface area contributed by atoms with Crippen LogP contribution in [0.2, 0.25) is 0 Å². The molecule has 6 heterocycles. The van der Waals surface area contributed by atoms with Crippen molar-refractivity contribution in [1.82, 2.24) is 9.97 Å². The maximum absolute atomic E-state index is 13.3. The standard InChI is InChI=1S/2C30H45NO7S/c1-18-8-7-9-22(13-24-15-36-17-37-24)10-11-25(19(2)12-23-16-39-21(4)31-23)38-27(33)14-26(32)30(5,6)29(35)20(3)28(18)34;1-18-8-7-9-22(15-27-36-12-13-37-27)10-11-24(19(2)14-23-17-39-21(4)31-23)38-26(33)16-25(32)30(5,6)29(35)20(3)28(18)34/h10,12,16,18,20,24-26,28,32,34H,7-9,11,13-15,17H2,1-6H3;10,14,17-18,20,24-25,27-28,32,34H,7-9,11-13,15-16H2,1-6H3/b19-12+,22-10+;19-14+,22-10+/t18-,20+,24?,25-,26-,28-;18-,20+,24-,25-,28-/m00/s1. The van der Waals surface area contributed by atoms with Gasteiger partial charge in [0.25, 0.3) is 0 Å². The molecule has 0 spiro atoms. The summed E-state index contributed by atoms with van der Waals surface area (Å²) < 4.78 is 34.3. The van der Waals surface area contributed by atoms with Crippen LogP contribution in [0.4, 0.5) is 0 Å². The summed E-state index contributed by atoms with van der Waals surface area (Å²) in [7, 11) is 0. The summed E-state index contributed by atoms with van der Waals surface area (Å²) in [5.41, 5.74) is 3.20. The third kappa shape index (κ3) is 19.2. The number of carbonyl (C=O) groups is 4. The number of cyclic esters (lactones) is 2. The van der Waals surface area contributed by atoms with Crippen LogP contribution in [0.15, 0.2) is 45.2 Å². The maximum Gasteiger partial charge on any atom is 0.309 e. The van der Waals surface area contributed by atoms with Crippen molar-refractivity contribution in [1.29, 1.82) is 0 Å². The van der Waals surface area contributed by atoms with Crippen molar-refractivity contribution in [2.75, 3.05) is 26.6 Å². The first-order valence-electron chi connectivity index (χ1n) is 27.9. The van der Waals surface area contributed by atoms with Gasteiger partial charge < -0.3 is 48.8 Å². The summed E-state index contributed by atoms with van der Waals surface area (Å²) in [5, 5.41) is 49.6. The van der Waals surface area contributed by atoms with Crippen LogP contribution in [0.3, 0.4) is 0 Å². The number of hydrogen-bond donors (Lipinski definition) is 4. The number of aliphatic hydroxyl groups is 4. The lowest BCUT2D eigenvalue weighted by Crippen LogP contribution is -2.45. The van der Waals surface area contributed by atoms with Crippen LogP contribution in [0.1, 0.15) is 168 Å². The summed E-state index contributed by atoms with van der Waals surface area (Å²) in [5.74, 6) is -3.24. The predicted octanol–water partition coefficient (Wildman–Crippen LogP) is 10.0. The Bertz CT molecular complexity index is 2240. The van der Waals surface area contributed by atoms with Crippen molar-refractivity contribution in [3.8, 4) is 0 Å². The van der Waals surface area contributed by atoms with Crippen LogP contribution >= 0.6 is 22.7 Å². The number of hydrogen-bond acceptors (Lipinski definition) is 18. The fraction of sp³-hybridized carbons (Fsp3) is 0.700. The minimum Gasteiger partial charge on any atom is -0.457 e. The Morgan fingerprint density at radius 2 is 1.08 bits per heavy atom. The number of aryl methyl sites for hydroxylation is 2. The topological polar surface area (TPSA) is 230 Å². The third-order valence-corrected chi connectivity index (χ3v) is 17.7. The Morgan fingerprint density at radius 3 is 1.46 bits per heavy atom. The zero-order valence-electron chi connectivity index (χ0n) is 48.3. The number of Topliss-reactive ketones (excluding diaryl/α,β-unsaturated/α-hetero) is 2. The van der Waals surface area contributed by atoms with E-state index in [1.54, 1.807) is 64.2 Å². The Balaban J connectivity index is 0.000000287. The molecule has 2 aromatic rings. The second-order valence-electron chi connectivity index (χ2n) is 23.3. The average molecular weight is 1130 g/mol. The van der Waals surface area contributed by atoms with Crippen molar-refractivity contribution in [2.45, 2.75) is 209 Å². The van der Waals surface area contributed by atoms with Gasteiger partial charge in [-0.05, 0) is 108 Å². The zero-order chi connectivity index (χ0) is 57.5. The van der Waals surface area contributed by atoms with Crippen molar-refractivity contribution >= 4 is 58.3 Å². The van der Waals surface area contributed by atoms with Gasteiger partial charge in [-0.3, -0.25) is 19.2 Å². The van der Waals surface area contributed by atoms with Crippen molar-refractivity contribution < 1.29 is 68.0 Å². The second-order valence-corrected chi connectivity index (χ2v) is 25.4. The van der Waals surface area contributed by atoms with E-state index in [0.29, 0.717) is 52.3 Å². The summed E-state index contributed by atoms with van der Waals surface area (Å²) in [4.78, 5) is 61.8. The molecule has 2 fully saturated rings. The van der Waals surface area contributed by atoms with Crippen molar-refractivity contribution in [3.05, 3.63) is 66.6 Å². The molecular formula is C60H90N2O14S2. The lowest BCUT2D eigenvalue weighted by molar-refractivity contribution is -0.155. The van der Waals surface area contributed by atoms with Crippen LogP contribution in [0, 0.1) is 48.3 Å². The molecule has 0 radical (unpaired) electrons. The Hall–Kier alpha value is -3.82. The molecule has 78 heavy (non-hydrogen) atoms. The zero-order valence-corrected chi connectivity index (χ0v) is 49.9. The second kappa shape index (κ2) is 30.3. The van der Waals surface area contributed by atoms with Gasteiger partial charge >= 0.3 is 11.9 Å². The van der Waals surface area contributed by atoms with Crippen LogP contribution in [-0.4, -0.2) is 130 Å². The number of esters is 2. The summed E-state index contributed by atoms with van der Waals surface area (Å²) >= 11 is 3.11. The number of carbonyl (C=O) groups excluding carboxylic acids is 4. The Kier molecular flexibility index (Phi) is 25.2. The van der Waals surface area contributed by atoms with Crippen LogP contribution in [0.5, 0.6) is 0 Å². The van der Waals surface area contributed by atoms with Gasteiger partial charge in [-0.25, -0.2) is 9.97 Å². The molecule has 18 heteroatoms. The number of rotatable bonds is 8. The van der Waals surface area contributed by atoms with Gasteiger partial charge in [0.2, 0.25) is 0 Å². The van der Waals surface area contributed by atoms with E-state index in [2.05, 4.69) is 22.1 Å². The predicted molar refractivity (Wildman–Crippen MR) is 302 cm³/mol. The monoisotopic (exact) mass is 1130 g/mol. The first-order chi connectivity index (χ1) is 36.8. The van der Waals surface area contributed by atoms with Gasteiger partial charge in [0.1, 0.15) is 30.6 Å². The molecule has 4 aliphatic rings. The fourth-order valence-electron chi connectivity index (χ4n) is 10.5. The quantitative estimate of drug-likeness (QED) is 0.142. The minimum atomic E-state index is -1.25. The molecule has 2 aromatic heterocycles. The van der Waals surface area contributed by atoms with E-state index >= 15 is 0 Å². The van der Waals surface area contributed by atoms with E-state index in [4.69, 9.17) is 28.4 Å². The number of ketones is 2. The van der Waals surface area contributed by atoms with Gasteiger partial charge in [0.15, 0.2) is 6.29 Å². The van der Waals surface area contributed by atoms with Crippen molar-refractivity contribution in [2.24, 2.45) is 34.5 Å². The normalized spacial score (nSPS) is 32.7. The van der Waals surface area contributed by atoms with Gasteiger partial charge in [-0.2, -0.15) is 0 Å². The molecule has 1 unspecified atom stereocenters. The highest BCUT2D eigenvalue weighted by Gasteiger charge is 2.44. The van der Waals surface area contributed by atoms with E-state index in [1.165, 1.54) is 5.57 Å². The summed E-state index contributed by atoms with van der Waals surface area (Å²) in [6.07, 6.45) is 8.83. The van der Waals surface area contributed by atoms with Gasteiger partial charge in [-0.15, -0.1) is 22.7 Å². The highest BCUT2D eigenvalue weighted by atomic mass is 32.1. The average Bonchev–Trinajstić information content (AvgIpc) is 4.27. The fourth-order valence-corrected chi connectivity index (χ4v) is 11.7. The SMILES string of the molecule is C/C(=C\c1csc(C)n1)[C@@H]1C/C=C(/CC2COCO2)CCC[C@H](C)[C@H](O)[C@@H](C)C(=O)C(C)(C)[C@@H](O)CC(=O)O1.C/C(=C\c1csc(C)n1)[C@@H]1C/C=C(/CC2OCCO2)CCC[C@H](C)[C@H](O)[C@@H](C)C(=O)C(C)(C)[C@@H](O)CC(=O)O1. The first kappa shape index (κ1) is 65.0. The highest BCUT2D eigenvalue weighted by molar-refractivity contribution is 7.09. The van der Waals surface area contributed by atoms with Crippen LogP contribution in [-0.2, 0) is 47.6 Å². The molecule has 0 saturated carbocycles.